The van der Waals surface area contributed by atoms with Crippen molar-refractivity contribution in [3.8, 4) is 0 Å². The van der Waals surface area contributed by atoms with Gasteiger partial charge in [0, 0.05) is 17.0 Å². The van der Waals surface area contributed by atoms with E-state index in [4.69, 9.17) is 5.11 Å². The molecular formula is C11H15BrO. The normalized spacial score (nSPS) is 13.0. The van der Waals surface area contributed by atoms with Crippen LogP contribution < -0.4 is 0 Å². The lowest BCUT2D eigenvalue weighted by Gasteiger charge is -2.14. The molecule has 0 heterocycles. The summed E-state index contributed by atoms with van der Waals surface area (Å²) in [5.74, 6) is 0.219. The van der Waals surface area contributed by atoms with Crippen LogP contribution in [0.5, 0.6) is 0 Å². The standard InChI is InChI=1S/C11H15BrO/c1-7-4-10(12)5-11(9(7)3)8(2)6-13/h4-5,8,13H,6H2,1-3H3. The van der Waals surface area contributed by atoms with Crippen LogP contribution in [0.25, 0.3) is 0 Å². The zero-order chi connectivity index (χ0) is 10.0. The van der Waals surface area contributed by atoms with E-state index in [1.807, 2.05) is 6.92 Å². The van der Waals surface area contributed by atoms with Gasteiger partial charge < -0.3 is 5.11 Å². The van der Waals surface area contributed by atoms with Gasteiger partial charge in [-0.2, -0.15) is 0 Å². The Bertz CT molecular complexity index is 307. The molecule has 0 aliphatic carbocycles. The summed E-state index contributed by atoms with van der Waals surface area (Å²) < 4.78 is 1.09. The summed E-state index contributed by atoms with van der Waals surface area (Å²) >= 11 is 3.46. The van der Waals surface area contributed by atoms with Crippen LogP contribution in [-0.2, 0) is 0 Å². The number of benzene rings is 1. The Labute approximate surface area is 87.9 Å². The van der Waals surface area contributed by atoms with Crippen molar-refractivity contribution in [3.63, 3.8) is 0 Å². The quantitative estimate of drug-likeness (QED) is 0.845. The number of hydrogen-bond donors (Lipinski definition) is 1. The summed E-state index contributed by atoms with van der Waals surface area (Å²) in [5, 5.41) is 9.08. The van der Waals surface area contributed by atoms with E-state index in [1.54, 1.807) is 0 Å². The molecule has 0 saturated heterocycles. The van der Waals surface area contributed by atoms with Gasteiger partial charge in [0.05, 0.1) is 0 Å². The van der Waals surface area contributed by atoms with Crippen molar-refractivity contribution in [2.75, 3.05) is 6.61 Å². The van der Waals surface area contributed by atoms with E-state index in [1.165, 1.54) is 16.7 Å². The zero-order valence-corrected chi connectivity index (χ0v) is 9.85. The van der Waals surface area contributed by atoms with E-state index in [-0.39, 0.29) is 12.5 Å². The van der Waals surface area contributed by atoms with Crippen LogP contribution in [0.15, 0.2) is 16.6 Å². The number of hydrogen-bond acceptors (Lipinski definition) is 1. The van der Waals surface area contributed by atoms with Crippen LogP contribution in [0.4, 0.5) is 0 Å². The maximum absolute atomic E-state index is 9.08. The lowest BCUT2D eigenvalue weighted by Crippen LogP contribution is -2.02. The third-order valence-corrected chi connectivity index (χ3v) is 2.93. The third kappa shape index (κ3) is 2.32. The second-order valence-electron chi connectivity index (χ2n) is 3.52. The minimum atomic E-state index is 0.205. The fourth-order valence-corrected chi connectivity index (χ4v) is 2.04. The first-order chi connectivity index (χ1) is 6.06. The van der Waals surface area contributed by atoms with Gasteiger partial charge >= 0.3 is 0 Å². The van der Waals surface area contributed by atoms with Gasteiger partial charge in [-0.25, -0.2) is 0 Å². The molecule has 2 heteroatoms. The highest BCUT2D eigenvalue weighted by molar-refractivity contribution is 9.10. The molecule has 1 rings (SSSR count). The molecule has 0 amide bonds. The van der Waals surface area contributed by atoms with Gasteiger partial charge in [-0.05, 0) is 42.7 Å². The summed E-state index contributed by atoms with van der Waals surface area (Å²) in [4.78, 5) is 0. The van der Waals surface area contributed by atoms with Crippen molar-refractivity contribution in [3.05, 3.63) is 33.3 Å². The van der Waals surface area contributed by atoms with Crippen LogP contribution in [0.1, 0.15) is 29.5 Å². The Hall–Kier alpha value is -0.340. The number of aliphatic hydroxyl groups is 1. The van der Waals surface area contributed by atoms with Crippen molar-refractivity contribution < 1.29 is 5.11 Å². The SMILES string of the molecule is Cc1cc(Br)cc(C(C)CO)c1C. The van der Waals surface area contributed by atoms with E-state index in [0.717, 1.165) is 4.47 Å². The molecule has 0 fully saturated rings. The van der Waals surface area contributed by atoms with Gasteiger partial charge in [0.15, 0.2) is 0 Å². The minimum absolute atomic E-state index is 0.205. The second kappa shape index (κ2) is 4.25. The summed E-state index contributed by atoms with van der Waals surface area (Å²) in [6.45, 7) is 6.43. The summed E-state index contributed by atoms with van der Waals surface area (Å²) in [6.07, 6.45) is 0. The highest BCUT2D eigenvalue weighted by atomic mass is 79.9. The van der Waals surface area contributed by atoms with Crippen LogP contribution in [0.3, 0.4) is 0 Å². The smallest absolute Gasteiger partial charge is 0.0497 e. The predicted molar refractivity (Wildman–Crippen MR) is 59.1 cm³/mol. The molecule has 0 aliphatic rings. The van der Waals surface area contributed by atoms with Gasteiger partial charge in [-0.1, -0.05) is 22.9 Å². The van der Waals surface area contributed by atoms with Crippen molar-refractivity contribution in [2.24, 2.45) is 0 Å². The Morgan fingerprint density at radius 2 is 2.00 bits per heavy atom. The molecule has 72 valence electrons. The lowest BCUT2D eigenvalue weighted by atomic mass is 9.94. The Kier molecular flexibility index (Phi) is 3.51. The molecule has 0 aromatic heterocycles. The van der Waals surface area contributed by atoms with Gasteiger partial charge in [0.25, 0.3) is 0 Å². The van der Waals surface area contributed by atoms with Gasteiger partial charge in [0.2, 0.25) is 0 Å². The molecule has 1 N–H and O–H groups in total. The van der Waals surface area contributed by atoms with E-state index in [9.17, 15) is 0 Å². The first-order valence-electron chi connectivity index (χ1n) is 4.43. The molecule has 0 saturated carbocycles. The van der Waals surface area contributed by atoms with Crippen molar-refractivity contribution in [1.29, 1.82) is 0 Å². The van der Waals surface area contributed by atoms with Gasteiger partial charge in [0.1, 0.15) is 0 Å². The number of aliphatic hydroxyl groups excluding tert-OH is 1. The first kappa shape index (κ1) is 10.7. The average molecular weight is 243 g/mol. The maximum Gasteiger partial charge on any atom is 0.0497 e. The number of halogens is 1. The highest BCUT2D eigenvalue weighted by Gasteiger charge is 2.09. The molecular weight excluding hydrogens is 228 g/mol. The first-order valence-corrected chi connectivity index (χ1v) is 5.23. The molecule has 13 heavy (non-hydrogen) atoms. The van der Waals surface area contributed by atoms with E-state index >= 15 is 0 Å². The van der Waals surface area contributed by atoms with Crippen LogP contribution in [0, 0.1) is 13.8 Å². The van der Waals surface area contributed by atoms with Crippen LogP contribution in [0.2, 0.25) is 0 Å². The van der Waals surface area contributed by atoms with Gasteiger partial charge in [-0.3, -0.25) is 0 Å². The number of rotatable bonds is 2. The largest absolute Gasteiger partial charge is 0.396 e. The Morgan fingerprint density at radius 3 is 2.54 bits per heavy atom. The summed E-state index contributed by atoms with van der Waals surface area (Å²) in [7, 11) is 0. The van der Waals surface area contributed by atoms with E-state index in [0.29, 0.717) is 0 Å². The van der Waals surface area contributed by atoms with E-state index in [2.05, 4.69) is 41.9 Å². The van der Waals surface area contributed by atoms with Crippen molar-refractivity contribution >= 4 is 15.9 Å². The molecule has 0 radical (unpaired) electrons. The third-order valence-electron chi connectivity index (χ3n) is 2.48. The van der Waals surface area contributed by atoms with Crippen LogP contribution in [-0.4, -0.2) is 11.7 Å². The van der Waals surface area contributed by atoms with E-state index < -0.39 is 0 Å². The highest BCUT2D eigenvalue weighted by Crippen LogP contribution is 2.26. The average Bonchev–Trinajstić information content (AvgIpc) is 2.10. The molecule has 1 aromatic rings. The van der Waals surface area contributed by atoms with Gasteiger partial charge in [-0.15, -0.1) is 0 Å². The maximum atomic E-state index is 9.08. The minimum Gasteiger partial charge on any atom is -0.396 e. The second-order valence-corrected chi connectivity index (χ2v) is 4.44. The molecule has 1 nitrogen and oxygen atoms in total. The molecule has 0 bridgehead atoms. The van der Waals surface area contributed by atoms with Crippen molar-refractivity contribution in [2.45, 2.75) is 26.7 Å². The molecule has 1 aromatic carbocycles. The van der Waals surface area contributed by atoms with Crippen LogP contribution >= 0.6 is 15.9 Å². The Morgan fingerprint density at radius 1 is 1.38 bits per heavy atom. The molecule has 1 atom stereocenters. The number of aryl methyl sites for hydroxylation is 1. The summed E-state index contributed by atoms with van der Waals surface area (Å²) in [6, 6.07) is 4.19. The zero-order valence-electron chi connectivity index (χ0n) is 8.26. The molecule has 1 unspecified atom stereocenters. The molecule has 0 spiro atoms. The topological polar surface area (TPSA) is 20.2 Å². The predicted octanol–water partition coefficient (Wildman–Crippen LogP) is 3.16. The fourth-order valence-electron chi connectivity index (χ4n) is 1.45. The fraction of sp³-hybridized carbons (Fsp3) is 0.455. The molecule has 0 aliphatic heterocycles. The summed E-state index contributed by atoms with van der Waals surface area (Å²) in [5.41, 5.74) is 3.78. The Balaban J connectivity index is 3.20. The lowest BCUT2D eigenvalue weighted by molar-refractivity contribution is 0.272. The van der Waals surface area contributed by atoms with Crippen molar-refractivity contribution in [1.82, 2.24) is 0 Å². The monoisotopic (exact) mass is 242 g/mol.